The molecular weight excluding hydrogens is 346 g/mol. The van der Waals surface area contributed by atoms with E-state index < -0.39 is 0 Å². The van der Waals surface area contributed by atoms with E-state index in [1.807, 2.05) is 50.4 Å². The number of quaternary nitrogens is 1. The third-order valence-electron chi connectivity index (χ3n) is 4.49. The number of anilines is 1. The summed E-state index contributed by atoms with van der Waals surface area (Å²) in [6.07, 6.45) is 0. The SMILES string of the molecule is COc1ccc(C)cc1NC(=O)C[NH+](C)[C@H](C)c1nc2ccccc2s1. The maximum absolute atomic E-state index is 12.5. The van der Waals surface area contributed by atoms with Gasteiger partial charge in [0.05, 0.1) is 30.1 Å². The fourth-order valence-electron chi connectivity index (χ4n) is 2.81. The molecule has 0 radical (unpaired) electrons. The average Bonchev–Trinajstić information content (AvgIpc) is 3.05. The Morgan fingerprint density at radius 2 is 2.08 bits per heavy atom. The minimum absolute atomic E-state index is 0.0423. The molecule has 1 unspecified atom stereocenters. The first-order valence-corrected chi connectivity index (χ1v) is 9.42. The molecule has 1 amide bonds. The Balaban J connectivity index is 1.68. The number of benzene rings is 2. The van der Waals surface area contributed by atoms with E-state index >= 15 is 0 Å². The number of rotatable bonds is 6. The molecule has 0 aliphatic heterocycles. The number of nitrogens with one attached hydrogen (secondary N) is 2. The number of nitrogens with zero attached hydrogens (tertiary/aromatic N) is 1. The summed E-state index contributed by atoms with van der Waals surface area (Å²) in [5.41, 5.74) is 2.80. The number of hydrogen-bond donors (Lipinski definition) is 2. The number of fused-ring (bicyclic) bond motifs is 1. The average molecular weight is 370 g/mol. The Kier molecular flexibility index (Phi) is 5.54. The zero-order chi connectivity index (χ0) is 18.7. The first-order chi connectivity index (χ1) is 12.5. The van der Waals surface area contributed by atoms with Crippen molar-refractivity contribution in [2.24, 2.45) is 0 Å². The van der Waals surface area contributed by atoms with Crippen LogP contribution in [-0.2, 0) is 4.79 Å². The largest absolute Gasteiger partial charge is 0.495 e. The number of carbonyl (C=O) groups excluding carboxylic acids is 1. The van der Waals surface area contributed by atoms with Crippen molar-refractivity contribution in [1.29, 1.82) is 0 Å². The Morgan fingerprint density at radius 1 is 1.31 bits per heavy atom. The molecule has 0 bridgehead atoms. The molecule has 0 saturated carbocycles. The molecule has 0 saturated heterocycles. The van der Waals surface area contributed by atoms with Gasteiger partial charge in [-0.3, -0.25) is 4.79 Å². The topological polar surface area (TPSA) is 55.7 Å². The number of likely N-dealkylation sites (N-methyl/N-ethyl adjacent to an activating group) is 1. The number of aryl methyl sites for hydroxylation is 1. The molecule has 1 aromatic heterocycles. The third-order valence-corrected chi connectivity index (χ3v) is 5.71. The number of amides is 1. The molecule has 6 heteroatoms. The first kappa shape index (κ1) is 18.4. The lowest BCUT2D eigenvalue weighted by molar-refractivity contribution is -0.902. The lowest BCUT2D eigenvalue weighted by Gasteiger charge is -2.20. The fraction of sp³-hybridized carbons (Fsp3) is 0.300. The molecule has 26 heavy (non-hydrogen) atoms. The number of ether oxygens (including phenoxy) is 1. The van der Waals surface area contributed by atoms with E-state index in [1.54, 1.807) is 18.4 Å². The summed E-state index contributed by atoms with van der Waals surface area (Å²) in [5, 5.41) is 4.01. The van der Waals surface area contributed by atoms with Crippen LogP contribution in [0.25, 0.3) is 10.2 Å². The second kappa shape index (κ2) is 7.85. The highest BCUT2D eigenvalue weighted by Gasteiger charge is 2.22. The monoisotopic (exact) mass is 370 g/mol. The zero-order valence-corrected chi connectivity index (χ0v) is 16.3. The molecule has 0 aliphatic carbocycles. The summed E-state index contributed by atoms with van der Waals surface area (Å²) in [6.45, 7) is 4.45. The van der Waals surface area contributed by atoms with Crippen LogP contribution in [0.2, 0.25) is 0 Å². The van der Waals surface area contributed by atoms with Crippen molar-refractivity contribution in [3.63, 3.8) is 0 Å². The second-order valence-corrected chi connectivity index (χ2v) is 7.58. The Labute approximate surface area is 157 Å². The summed E-state index contributed by atoms with van der Waals surface area (Å²) in [7, 11) is 3.62. The Bertz CT molecular complexity index is 889. The standard InChI is InChI=1S/C20H23N3O2S/c1-13-9-10-17(25-4)16(11-13)21-19(24)12-23(3)14(2)20-22-15-7-5-6-8-18(15)26-20/h5-11,14H,12H2,1-4H3,(H,21,24)/p+1/t14-/m1/s1. The predicted molar refractivity (Wildman–Crippen MR) is 106 cm³/mol. The maximum Gasteiger partial charge on any atom is 0.279 e. The second-order valence-electron chi connectivity index (χ2n) is 6.52. The van der Waals surface area contributed by atoms with Crippen molar-refractivity contribution in [2.45, 2.75) is 19.9 Å². The number of para-hydroxylation sites is 1. The number of aromatic nitrogens is 1. The number of carbonyl (C=O) groups is 1. The predicted octanol–water partition coefficient (Wildman–Crippen LogP) is 2.83. The van der Waals surface area contributed by atoms with Gasteiger partial charge in [0.2, 0.25) is 0 Å². The van der Waals surface area contributed by atoms with E-state index in [0.717, 1.165) is 21.0 Å². The van der Waals surface area contributed by atoms with E-state index in [-0.39, 0.29) is 11.9 Å². The van der Waals surface area contributed by atoms with Gasteiger partial charge in [0.15, 0.2) is 11.6 Å². The van der Waals surface area contributed by atoms with Crippen LogP contribution in [0.1, 0.15) is 23.5 Å². The molecule has 3 aromatic rings. The smallest absolute Gasteiger partial charge is 0.279 e. The van der Waals surface area contributed by atoms with Gasteiger partial charge in [-0.15, -0.1) is 11.3 Å². The van der Waals surface area contributed by atoms with Crippen molar-refractivity contribution in [3.8, 4) is 5.75 Å². The number of hydrogen-bond acceptors (Lipinski definition) is 4. The summed E-state index contributed by atoms with van der Waals surface area (Å²) in [5.74, 6) is 0.625. The van der Waals surface area contributed by atoms with Crippen LogP contribution in [0.3, 0.4) is 0 Å². The van der Waals surface area contributed by atoms with Crippen LogP contribution >= 0.6 is 11.3 Å². The van der Waals surface area contributed by atoms with Crippen molar-refractivity contribution in [3.05, 3.63) is 53.0 Å². The number of thiazole rings is 1. The van der Waals surface area contributed by atoms with E-state index in [4.69, 9.17) is 9.72 Å². The highest BCUT2D eigenvalue weighted by molar-refractivity contribution is 7.18. The Morgan fingerprint density at radius 3 is 2.81 bits per heavy atom. The van der Waals surface area contributed by atoms with Gasteiger partial charge in [-0.1, -0.05) is 18.2 Å². The normalized spacial score (nSPS) is 13.4. The minimum Gasteiger partial charge on any atom is -0.495 e. The molecule has 2 atom stereocenters. The van der Waals surface area contributed by atoms with Gasteiger partial charge >= 0.3 is 0 Å². The zero-order valence-electron chi connectivity index (χ0n) is 15.5. The Hall–Kier alpha value is -2.44. The molecule has 136 valence electrons. The molecule has 1 heterocycles. The van der Waals surface area contributed by atoms with Crippen LogP contribution in [-0.4, -0.2) is 31.6 Å². The van der Waals surface area contributed by atoms with Gasteiger partial charge in [0.25, 0.3) is 5.91 Å². The molecule has 0 aliphatic rings. The van der Waals surface area contributed by atoms with E-state index in [0.29, 0.717) is 18.0 Å². The van der Waals surface area contributed by atoms with Crippen LogP contribution in [0, 0.1) is 6.92 Å². The number of methoxy groups -OCH3 is 1. The van der Waals surface area contributed by atoms with Gasteiger partial charge < -0.3 is 15.0 Å². The van der Waals surface area contributed by atoms with Gasteiger partial charge in [0, 0.05) is 0 Å². The van der Waals surface area contributed by atoms with E-state index in [2.05, 4.69) is 18.3 Å². The molecule has 2 aromatic carbocycles. The van der Waals surface area contributed by atoms with Crippen molar-refractivity contribution < 1.29 is 14.4 Å². The third kappa shape index (κ3) is 4.03. The van der Waals surface area contributed by atoms with Crippen LogP contribution < -0.4 is 15.0 Å². The quantitative estimate of drug-likeness (QED) is 0.702. The van der Waals surface area contributed by atoms with Gasteiger partial charge in [-0.2, -0.15) is 0 Å². The summed E-state index contributed by atoms with van der Waals surface area (Å²) >= 11 is 1.69. The van der Waals surface area contributed by atoms with Crippen LogP contribution in [0.5, 0.6) is 5.75 Å². The molecule has 0 fully saturated rings. The summed E-state index contributed by atoms with van der Waals surface area (Å²) < 4.78 is 6.50. The first-order valence-electron chi connectivity index (χ1n) is 8.60. The van der Waals surface area contributed by atoms with Gasteiger partial charge in [-0.05, 0) is 43.7 Å². The van der Waals surface area contributed by atoms with Crippen molar-refractivity contribution >= 4 is 33.1 Å². The summed E-state index contributed by atoms with van der Waals surface area (Å²) in [4.78, 5) is 18.3. The molecular formula is C20H24N3O2S+. The minimum atomic E-state index is -0.0423. The van der Waals surface area contributed by atoms with Crippen LogP contribution in [0.15, 0.2) is 42.5 Å². The highest BCUT2D eigenvalue weighted by atomic mass is 32.1. The van der Waals surface area contributed by atoms with Gasteiger partial charge in [0.1, 0.15) is 11.8 Å². The van der Waals surface area contributed by atoms with Crippen molar-refractivity contribution in [1.82, 2.24) is 4.98 Å². The summed E-state index contributed by atoms with van der Waals surface area (Å²) in [6, 6.07) is 14.0. The fourth-order valence-corrected chi connectivity index (χ4v) is 3.92. The van der Waals surface area contributed by atoms with Crippen LogP contribution in [0.4, 0.5) is 5.69 Å². The maximum atomic E-state index is 12.5. The molecule has 3 rings (SSSR count). The van der Waals surface area contributed by atoms with Crippen molar-refractivity contribution in [2.75, 3.05) is 26.0 Å². The molecule has 0 spiro atoms. The molecule has 5 nitrogen and oxygen atoms in total. The van der Waals surface area contributed by atoms with E-state index in [1.165, 1.54) is 4.70 Å². The van der Waals surface area contributed by atoms with E-state index in [9.17, 15) is 4.79 Å². The lowest BCUT2D eigenvalue weighted by atomic mass is 10.2. The lowest BCUT2D eigenvalue weighted by Crippen LogP contribution is -3.10. The molecule has 2 N–H and O–H groups in total. The van der Waals surface area contributed by atoms with Gasteiger partial charge in [-0.25, -0.2) is 4.98 Å². The highest BCUT2D eigenvalue weighted by Crippen LogP contribution is 2.26.